The molecule has 3 rings (SSSR count). The van der Waals surface area contributed by atoms with Gasteiger partial charge < -0.3 is 15.7 Å². The minimum absolute atomic E-state index is 0.404. The van der Waals surface area contributed by atoms with E-state index in [1.54, 1.807) is 6.20 Å². The summed E-state index contributed by atoms with van der Waals surface area (Å²) < 4.78 is 0. The molecule has 4 nitrogen and oxygen atoms in total. The Morgan fingerprint density at radius 1 is 1.42 bits per heavy atom. The molecule has 0 radical (unpaired) electrons. The van der Waals surface area contributed by atoms with E-state index in [-0.39, 0.29) is 0 Å². The highest BCUT2D eigenvalue weighted by Gasteiger charge is 2.42. The zero-order valence-corrected chi connectivity index (χ0v) is 11.4. The number of aromatic nitrogens is 1. The van der Waals surface area contributed by atoms with Crippen LogP contribution in [0.15, 0.2) is 18.3 Å². The highest BCUT2D eigenvalue weighted by molar-refractivity contribution is 5.51. The maximum Gasteiger partial charge on any atom is 0.0772 e. The molecule has 0 amide bonds. The average molecular weight is 261 g/mol. The van der Waals surface area contributed by atoms with Crippen LogP contribution < -0.4 is 10.6 Å². The molecule has 2 fully saturated rings. The monoisotopic (exact) mass is 261 g/mol. The number of hydrogen-bond donors (Lipinski definition) is 2. The van der Waals surface area contributed by atoms with Crippen molar-refractivity contribution in [2.24, 2.45) is 11.7 Å². The van der Waals surface area contributed by atoms with Gasteiger partial charge >= 0.3 is 0 Å². The molecule has 0 spiro atoms. The van der Waals surface area contributed by atoms with Crippen LogP contribution in [0.1, 0.15) is 37.8 Å². The molecule has 1 saturated carbocycles. The largest absolute Gasteiger partial charge is 0.389 e. The van der Waals surface area contributed by atoms with Gasteiger partial charge in [-0.25, -0.2) is 0 Å². The van der Waals surface area contributed by atoms with Gasteiger partial charge in [0.2, 0.25) is 0 Å². The van der Waals surface area contributed by atoms with Crippen LogP contribution in [-0.4, -0.2) is 28.8 Å². The summed E-state index contributed by atoms with van der Waals surface area (Å²) in [6.07, 6.45) is 7.21. The van der Waals surface area contributed by atoms with Gasteiger partial charge in [-0.2, -0.15) is 0 Å². The van der Waals surface area contributed by atoms with Crippen LogP contribution >= 0.6 is 0 Å². The third-order valence-corrected chi connectivity index (χ3v) is 4.83. The third-order valence-electron chi connectivity index (χ3n) is 4.83. The number of pyridine rings is 1. The fourth-order valence-electron chi connectivity index (χ4n) is 3.66. The van der Waals surface area contributed by atoms with Gasteiger partial charge in [0.05, 0.1) is 17.0 Å². The standard InChI is InChI=1S/C15H23N3O/c16-10-13-14(5-3-8-17-13)18-9-7-15(19)6-2-1-4-12(15)11-18/h3,5,8,12,19H,1-2,4,6-7,9-11,16H2. The van der Waals surface area contributed by atoms with E-state index in [9.17, 15) is 5.11 Å². The predicted molar refractivity (Wildman–Crippen MR) is 75.9 cm³/mol. The Labute approximate surface area is 114 Å². The zero-order valence-electron chi connectivity index (χ0n) is 11.4. The second-order valence-corrected chi connectivity index (χ2v) is 5.92. The molecule has 2 atom stereocenters. The number of fused-ring (bicyclic) bond motifs is 1. The Hall–Kier alpha value is -1.13. The summed E-state index contributed by atoms with van der Waals surface area (Å²) in [6, 6.07) is 4.07. The van der Waals surface area contributed by atoms with Crippen molar-refractivity contribution in [2.75, 3.05) is 18.0 Å². The van der Waals surface area contributed by atoms with Gasteiger partial charge in [-0.05, 0) is 31.4 Å². The molecule has 1 aliphatic heterocycles. The van der Waals surface area contributed by atoms with Gasteiger partial charge in [-0.3, -0.25) is 4.98 Å². The zero-order chi connectivity index (χ0) is 13.3. The van der Waals surface area contributed by atoms with Gasteiger partial charge in [-0.15, -0.1) is 0 Å². The van der Waals surface area contributed by atoms with Crippen molar-refractivity contribution in [3.63, 3.8) is 0 Å². The summed E-state index contributed by atoms with van der Waals surface area (Å²) in [5.74, 6) is 0.404. The quantitative estimate of drug-likeness (QED) is 0.850. The van der Waals surface area contributed by atoms with Crippen molar-refractivity contribution in [3.05, 3.63) is 24.0 Å². The SMILES string of the molecule is NCc1ncccc1N1CCC2(O)CCCCC2C1. The fourth-order valence-corrected chi connectivity index (χ4v) is 3.66. The molecule has 1 aromatic rings. The molecule has 104 valence electrons. The molecule has 4 heteroatoms. The smallest absolute Gasteiger partial charge is 0.0772 e. The van der Waals surface area contributed by atoms with Crippen LogP contribution in [0.5, 0.6) is 0 Å². The Bertz CT molecular complexity index is 451. The predicted octanol–water partition coefficient (Wildman–Crippen LogP) is 1.67. The number of hydrogen-bond acceptors (Lipinski definition) is 4. The first-order valence-corrected chi connectivity index (χ1v) is 7.34. The van der Waals surface area contributed by atoms with Gasteiger partial charge in [0.15, 0.2) is 0 Å². The van der Waals surface area contributed by atoms with E-state index in [4.69, 9.17) is 5.73 Å². The van der Waals surface area contributed by atoms with E-state index in [1.807, 2.05) is 6.07 Å². The van der Waals surface area contributed by atoms with E-state index in [2.05, 4.69) is 16.0 Å². The third kappa shape index (κ3) is 2.35. The number of nitrogens with two attached hydrogens (primary N) is 1. The molecule has 19 heavy (non-hydrogen) atoms. The van der Waals surface area contributed by atoms with Crippen molar-refractivity contribution in [3.8, 4) is 0 Å². The summed E-state index contributed by atoms with van der Waals surface area (Å²) in [5, 5.41) is 10.7. The number of aliphatic hydroxyl groups is 1. The van der Waals surface area contributed by atoms with Crippen LogP contribution in [0.3, 0.4) is 0 Å². The molecule has 2 heterocycles. The van der Waals surface area contributed by atoms with E-state index in [1.165, 1.54) is 12.8 Å². The van der Waals surface area contributed by atoms with Crippen molar-refractivity contribution in [1.82, 2.24) is 4.98 Å². The number of nitrogens with zero attached hydrogens (tertiary/aromatic N) is 2. The molecule has 2 unspecified atom stereocenters. The lowest BCUT2D eigenvalue weighted by atomic mass is 9.71. The maximum absolute atomic E-state index is 10.7. The lowest BCUT2D eigenvalue weighted by Gasteiger charge is -2.48. The van der Waals surface area contributed by atoms with Crippen molar-refractivity contribution < 1.29 is 5.11 Å². The summed E-state index contributed by atoms with van der Waals surface area (Å²) >= 11 is 0. The highest BCUT2D eigenvalue weighted by atomic mass is 16.3. The Morgan fingerprint density at radius 2 is 2.32 bits per heavy atom. The number of anilines is 1. The first kappa shape index (κ1) is 12.9. The van der Waals surface area contributed by atoms with Crippen molar-refractivity contribution in [2.45, 2.75) is 44.2 Å². The molecule has 3 N–H and O–H groups in total. The van der Waals surface area contributed by atoms with Crippen LogP contribution in [0.4, 0.5) is 5.69 Å². The summed E-state index contributed by atoms with van der Waals surface area (Å²) in [6.45, 7) is 2.32. The topological polar surface area (TPSA) is 62.4 Å². The summed E-state index contributed by atoms with van der Waals surface area (Å²) in [5.41, 5.74) is 7.47. The highest BCUT2D eigenvalue weighted by Crippen LogP contribution is 2.41. The molecular weight excluding hydrogens is 238 g/mol. The second-order valence-electron chi connectivity index (χ2n) is 5.92. The minimum atomic E-state index is -0.417. The second kappa shape index (κ2) is 5.10. The van der Waals surface area contributed by atoms with Crippen LogP contribution in [-0.2, 0) is 6.54 Å². The molecule has 2 aliphatic rings. The van der Waals surface area contributed by atoms with E-state index in [0.717, 1.165) is 43.7 Å². The number of rotatable bonds is 2. The maximum atomic E-state index is 10.7. The van der Waals surface area contributed by atoms with Crippen LogP contribution in [0, 0.1) is 5.92 Å². The molecule has 1 saturated heterocycles. The van der Waals surface area contributed by atoms with E-state index in [0.29, 0.717) is 12.5 Å². The first-order valence-electron chi connectivity index (χ1n) is 7.34. The molecular formula is C15H23N3O. The lowest BCUT2D eigenvalue weighted by molar-refractivity contribution is -0.0612. The fraction of sp³-hybridized carbons (Fsp3) is 0.667. The lowest BCUT2D eigenvalue weighted by Crippen LogP contribution is -2.53. The average Bonchev–Trinajstić information content (AvgIpc) is 2.46. The Morgan fingerprint density at radius 3 is 3.16 bits per heavy atom. The molecule has 1 aromatic heterocycles. The molecule has 1 aliphatic carbocycles. The Balaban J connectivity index is 1.81. The van der Waals surface area contributed by atoms with Gasteiger partial charge in [0, 0.05) is 31.7 Å². The summed E-state index contributed by atoms with van der Waals surface area (Å²) in [4.78, 5) is 6.73. The molecule has 0 aromatic carbocycles. The minimum Gasteiger partial charge on any atom is -0.389 e. The van der Waals surface area contributed by atoms with Gasteiger partial charge in [0.25, 0.3) is 0 Å². The summed E-state index contributed by atoms with van der Waals surface area (Å²) in [7, 11) is 0. The first-order chi connectivity index (χ1) is 9.23. The Kier molecular flexibility index (Phi) is 3.46. The molecule has 0 bridgehead atoms. The van der Waals surface area contributed by atoms with Crippen LogP contribution in [0.2, 0.25) is 0 Å². The van der Waals surface area contributed by atoms with Gasteiger partial charge in [-0.1, -0.05) is 12.8 Å². The van der Waals surface area contributed by atoms with E-state index >= 15 is 0 Å². The van der Waals surface area contributed by atoms with Crippen molar-refractivity contribution in [1.29, 1.82) is 0 Å². The van der Waals surface area contributed by atoms with Crippen LogP contribution in [0.25, 0.3) is 0 Å². The number of piperidine rings is 1. The van der Waals surface area contributed by atoms with Crippen molar-refractivity contribution >= 4 is 5.69 Å². The normalized spacial score (nSPS) is 31.1. The van der Waals surface area contributed by atoms with E-state index < -0.39 is 5.60 Å². The van der Waals surface area contributed by atoms with Gasteiger partial charge in [0.1, 0.15) is 0 Å².